The van der Waals surface area contributed by atoms with Crippen molar-refractivity contribution < 1.29 is 15.0 Å². The molecular formula is C10H21N3O3. The highest BCUT2D eigenvalue weighted by molar-refractivity contribution is 5.78. The second-order valence-corrected chi connectivity index (χ2v) is 4.46. The summed E-state index contributed by atoms with van der Waals surface area (Å²) >= 11 is 0. The molecular weight excluding hydrogens is 210 g/mol. The molecule has 1 amide bonds. The van der Waals surface area contributed by atoms with Gasteiger partial charge in [-0.2, -0.15) is 0 Å². The van der Waals surface area contributed by atoms with Gasteiger partial charge in [-0.15, -0.1) is 0 Å². The minimum Gasteiger partial charge on any atom is -0.393 e. The third-order valence-electron chi connectivity index (χ3n) is 2.58. The normalized spacial score (nSPS) is 21.4. The number of piperazine rings is 1. The van der Waals surface area contributed by atoms with Gasteiger partial charge in [0.15, 0.2) is 0 Å². The van der Waals surface area contributed by atoms with E-state index in [1.807, 2.05) is 0 Å². The minimum absolute atomic E-state index is 0.0778. The SMILES string of the molecule is CC(O)(CO)CNC(=O)CN1CCNCC1. The second-order valence-electron chi connectivity index (χ2n) is 4.46. The summed E-state index contributed by atoms with van der Waals surface area (Å²) in [5, 5.41) is 24.1. The average molecular weight is 231 g/mol. The van der Waals surface area contributed by atoms with Crippen molar-refractivity contribution in [3.63, 3.8) is 0 Å². The van der Waals surface area contributed by atoms with E-state index in [1.165, 1.54) is 6.92 Å². The zero-order valence-electron chi connectivity index (χ0n) is 9.70. The van der Waals surface area contributed by atoms with Gasteiger partial charge in [0.1, 0.15) is 5.60 Å². The topological polar surface area (TPSA) is 84.8 Å². The zero-order valence-corrected chi connectivity index (χ0v) is 9.70. The lowest BCUT2D eigenvalue weighted by molar-refractivity contribution is -0.123. The van der Waals surface area contributed by atoms with Crippen LogP contribution in [0.25, 0.3) is 0 Å². The largest absolute Gasteiger partial charge is 0.393 e. The molecule has 6 nitrogen and oxygen atoms in total. The Bertz CT molecular complexity index is 227. The van der Waals surface area contributed by atoms with E-state index in [0.29, 0.717) is 6.54 Å². The molecule has 16 heavy (non-hydrogen) atoms. The summed E-state index contributed by atoms with van der Waals surface area (Å²) < 4.78 is 0. The Labute approximate surface area is 95.6 Å². The number of nitrogens with zero attached hydrogens (tertiary/aromatic N) is 1. The molecule has 0 aliphatic carbocycles. The molecule has 0 saturated carbocycles. The molecule has 1 atom stereocenters. The minimum atomic E-state index is -1.24. The maximum absolute atomic E-state index is 11.5. The Morgan fingerprint density at radius 2 is 2.12 bits per heavy atom. The molecule has 1 saturated heterocycles. The Morgan fingerprint density at radius 1 is 1.50 bits per heavy atom. The number of carbonyl (C=O) groups excluding carboxylic acids is 1. The molecule has 6 heteroatoms. The second kappa shape index (κ2) is 6.15. The van der Waals surface area contributed by atoms with Crippen LogP contribution in [0.15, 0.2) is 0 Å². The summed E-state index contributed by atoms with van der Waals surface area (Å²) in [6, 6.07) is 0. The lowest BCUT2D eigenvalue weighted by Gasteiger charge is -2.27. The highest BCUT2D eigenvalue weighted by Gasteiger charge is 2.20. The fraction of sp³-hybridized carbons (Fsp3) is 0.900. The maximum atomic E-state index is 11.5. The van der Waals surface area contributed by atoms with Crippen molar-refractivity contribution in [1.82, 2.24) is 15.5 Å². The van der Waals surface area contributed by atoms with Crippen molar-refractivity contribution in [3.05, 3.63) is 0 Å². The first-order valence-corrected chi connectivity index (χ1v) is 5.56. The smallest absolute Gasteiger partial charge is 0.234 e. The molecule has 0 radical (unpaired) electrons. The van der Waals surface area contributed by atoms with Crippen molar-refractivity contribution in [2.24, 2.45) is 0 Å². The summed E-state index contributed by atoms with van der Waals surface area (Å²) in [6.07, 6.45) is 0. The van der Waals surface area contributed by atoms with Crippen molar-refractivity contribution in [1.29, 1.82) is 0 Å². The van der Waals surface area contributed by atoms with Gasteiger partial charge in [-0.3, -0.25) is 9.69 Å². The van der Waals surface area contributed by atoms with Crippen LogP contribution >= 0.6 is 0 Å². The molecule has 1 aliphatic heterocycles. The van der Waals surface area contributed by atoms with Crippen molar-refractivity contribution in [3.8, 4) is 0 Å². The standard InChI is InChI=1S/C10H21N3O3/c1-10(16,8-14)7-12-9(15)6-13-4-2-11-3-5-13/h11,14,16H,2-8H2,1H3,(H,12,15). The lowest BCUT2D eigenvalue weighted by atomic mass is 10.1. The van der Waals surface area contributed by atoms with Gasteiger partial charge in [0.05, 0.1) is 13.2 Å². The molecule has 0 aromatic heterocycles. The fourth-order valence-electron chi connectivity index (χ4n) is 1.47. The molecule has 0 spiro atoms. The van der Waals surface area contributed by atoms with Crippen LogP contribution in [0.4, 0.5) is 0 Å². The molecule has 4 N–H and O–H groups in total. The summed E-state index contributed by atoms with van der Waals surface area (Å²) in [5.74, 6) is -0.115. The Kier molecular flexibility index (Phi) is 5.14. The Hall–Kier alpha value is -0.690. The van der Waals surface area contributed by atoms with E-state index < -0.39 is 5.60 Å². The van der Waals surface area contributed by atoms with Gasteiger partial charge >= 0.3 is 0 Å². The molecule has 1 rings (SSSR count). The summed E-state index contributed by atoms with van der Waals surface area (Å²) in [5.41, 5.74) is -1.24. The van der Waals surface area contributed by atoms with Gasteiger partial charge in [0.25, 0.3) is 0 Å². The van der Waals surface area contributed by atoms with E-state index in [2.05, 4.69) is 15.5 Å². The molecule has 0 aromatic carbocycles. The third kappa shape index (κ3) is 4.89. The monoisotopic (exact) mass is 231 g/mol. The van der Waals surface area contributed by atoms with Crippen molar-refractivity contribution in [2.45, 2.75) is 12.5 Å². The quantitative estimate of drug-likeness (QED) is 0.429. The average Bonchev–Trinajstić information content (AvgIpc) is 2.28. The number of rotatable bonds is 5. The number of amides is 1. The molecule has 1 fully saturated rings. The molecule has 0 bridgehead atoms. The maximum Gasteiger partial charge on any atom is 0.234 e. The Morgan fingerprint density at radius 3 is 2.69 bits per heavy atom. The van der Waals surface area contributed by atoms with E-state index in [-0.39, 0.29) is 19.1 Å². The summed E-state index contributed by atoms with van der Waals surface area (Å²) in [6.45, 7) is 5.09. The van der Waals surface area contributed by atoms with Crippen LogP contribution in [-0.4, -0.2) is 72.5 Å². The van der Waals surface area contributed by atoms with Gasteiger partial charge < -0.3 is 20.8 Å². The predicted molar refractivity (Wildman–Crippen MR) is 60.0 cm³/mol. The first-order chi connectivity index (χ1) is 7.53. The van der Waals surface area contributed by atoms with Crippen LogP contribution < -0.4 is 10.6 Å². The van der Waals surface area contributed by atoms with Gasteiger partial charge in [0.2, 0.25) is 5.91 Å². The van der Waals surface area contributed by atoms with Gasteiger partial charge in [0, 0.05) is 32.7 Å². The third-order valence-corrected chi connectivity index (χ3v) is 2.58. The van der Waals surface area contributed by atoms with E-state index in [1.54, 1.807) is 0 Å². The molecule has 1 unspecified atom stereocenters. The molecule has 94 valence electrons. The first kappa shape index (κ1) is 13.4. The van der Waals surface area contributed by atoms with E-state index in [9.17, 15) is 9.90 Å². The van der Waals surface area contributed by atoms with Gasteiger partial charge in [-0.05, 0) is 6.92 Å². The number of nitrogens with one attached hydrogen (secondary N) is 2. The van der Waals surface area contributed by atoms with Crippen LogP contribution in [0, 0.1) is 0 Å². The van der Waals surface area contributed by atoms with Crippen LogP contribution in [0.5, 0.6) is 0 Å². The van der Waals surface area contributed by atoms with Crippen LogP contribution in [0.3, 0.4) is 0 Å². The van der Waals surface area contributed by atoms with Crippen LogP contribution in [-0.2, 0) is 4.79 Å². The van der Waals surface area contributed by atoms with E-state index >= 15 is 0 Å². The first-order valence-electron chi connectivity index (χ1n) is 5.56. The highest BCUT2D eigenvalue weighted by Crippen LogP contribution is 1.98. The van der Waals surface area contributed by atoms with Gasteiger partial charge in [-0.25, -0.2) is 0 Å². The molecule has 1 aliphatic rings. The van der Waals surface area contributed by atoms with E-state index in [0.717, 1.165) is 26.2 Å². The predicted octanol–water partition coefficient (Wildman–Crippen LogP) is -2.25. The number of carbonyl (C=O) groups is 1. The number of hydrogen-bond acceptors (Lipinski definition) is 5. The van der Waals surface area contributed by atoms with Crippen LogP contribution in [0.2, 0.25) is 0 Å². The molecule has 0 aromatic rings. The lowest BCUT2D eigenvalue weighted by Crippen LogP contribution is -2.50. The van der Waals surface area contributed by atoms with E-state index in [4.69, 9.17) is 5.11 Å². The van der Waals surface area contributed by atoms with Crippen molar-refractivity contribution >= 4 is 5.91 Å². The number of aliphatic hydroxyl groups is 2. The molecule has 1 heterocycles. The fourth-order valence-corrected chi connectivity index (χ4v) is 1.47. The van der Waals surface area contributed by atoms with Gasteiger partial charge in [-0.1, -0.05) is 0 Å². The number of aliphatic hydroxyl groups excluding tert-OH is 1. The zero-order chi connectivity index (χ0) is 12.0. The summed E-state index contributed by atoms with van der Waals surface area (Å²) in [4.78, 5) is 13.6. The summed E-state index contributed by atoms with van der Waals surface area (Å²) in [7, 11) is 0. The van der Waals surface area contributed by atoms with Crippen molar-refractivity contribution in [2.75, 3.05) is 45.9 Å². The van der Waals surface area contributed by atoms with Crippen LogP contribution in [0.1, 0.15) is 6.92 Å². The highest BCUT2D eigenvalue weighted by atomic mass is 16.3. The number of hydrogen-bond donors (Lipinski definition) is 4. The Balaban J connectivity index is 2.19.